The van der Waals surface area contributed by atoms with Crippen molar-refractivity contribution in [1.82, 2.24) is 24.6 Å². The zero-order valence-corrected chi connectivity index (χ0v) is 17.2. The normalized spacial score (nSPS) is 16.6. The fraction of sp³-hybridized carbons (Fsp3) is 0.474. The zero-order valence-electron chi connectivity index (χ0n) is 16.4. The first-order valence-corrected chi connectivity index (χ1v) is 10.4. The van der Waals surface area contributed by atoms with Crippen molar-refractivity contribution >= 4 is 39.1 Å². The van der Waals surface area contributed by atoms with Gasteiger partial charge in [-0.2, -0.15) is 5.10 Å². The number of carbonyl (C=O) groups excluding carboxylic acids is 1. The van der Waals surface area contributed by atoms with Gasteiger partial charge in [0.15, 0.2) is 0 Å². The van der Waals surface area contributed by atoms with Crippen LogP contribution in [0, 0.1) is 0 Å². The number of amides is 1. The van der Waals surface area contributed by atoms with Gasteiger partial charge in [-0.3, -0.25) is 9.69 Å². The van der Waals surface area contributed by atoms with Gasteiger partial charge in [-0.15, -0.1) is 11.3 Å². The number of aromatic nitrogens is 4. The van der Waals surface area contributed by atoms with Gasteiger partial charge in [0, 0.05) is 38.3 Å². The topological polar surface area (TPSA) is 79.2 Å². The predicted octanol–water partition coefficient (Wildman–Crippen LogP) is 2.62. The molecule has 4 rings (SSSR count). The smallest absolute Gasteiger partial charge is 0.242 e. The Kier molecular flexibility index (Phi) is 5.27. The third-order valence-corrected chi connectivity index (χ3v) is 6.01. The Morgan fingerprint density at radius 1 is 1.14 bits per heavy atom. The molecule has 0 radical (unpaired) electrons. The number of fused-ring (bicyclic) bond motifs is 1. The molecule has 1 unspecified atom stereocenters. The monoisotopic (exact) mass is 399 g/mol. The molecule has 8 nitrogen and oxygen atoms in total. The molecule has 1 amide bonds. The zero-order chi connectivity index (χ0) is 19.7. The van der Waals surface area contributed by atoms with Crippen LogP contribution < -0.4 is 10.2 Å². The minimum atomic E-state index is -0.204. The average Bonchev–Trinajstić information content (AvgIpc) is 3.36. The Bertz CT molecular complexity index is 958. The number of anilines is 2. The van der Waals surface area contributed by atoms with Crippen LogP contribution in [0.15, 0.2) is 30.0 Å². The van der Waals surface area contributed by atoms with E-state index in [1.165, 1.54) is 0 Å². The molecular weight excluding hydrogens is 374 g/mol. The van der Waals surface area contributed by atoms with E-state index in [0.29, 0.717) is 0 Å². The SMILES string of the molecule is CC(C(=O)Nc1ccnn1C(C)C)N1CCN(c2ncnc3sccc23)CC1. The maximum atomic E-state index is 12.7. The van der Waals surface area contributed by atoms with Crippen molar-refractivity contribution < 1.29 is 4.79 Å². The number of rotatable bonds is 5. The number of nitrogens with one attached hydrogen (secondary N) is 1. The molecule has 1 aliphatic rings. The standard InChI is InChI=1S/C19H25N7OS/c1-13(2)26-16(4-6-22-26)23-18(27)14(3)24-7-9-25(10-8-24)17-15-5-11-28-19(15)21-12-20-17/h4-6,11-14H,7-10H2,1-3H3,(H,23,27). The molecule has 0 aromatic carbocycles. The summed E-state index contributed by atoms with van der Waals surface area (Å²) in [7, 11) is 0. The number of piperazine rings is 1. The Balaban J connectivity index is 1.38. The lowest BCUT2D eigenvalue weighted by Crippen LogP contribution is -2.53. The molecule has 4 heterocycles. The summed E-state index contributed by atoms with van der Waals surface area (Å²) >= 11 is 1.63. The lowest BCUT2D eigenvalue weighted by molar-refractivity contribution is -0.120. The van der Waals surface area contributed by atoms with Crippen molar-refractivity contribution in [3.8, 4) is 0 Å². The summed E-state index contributed by atoms with van der Waals surface area (Å²) in [4.78, 5) is 27.1. The summed E-state index contributed by atoms with van der Waals surface area (Å²) in [6, 6.07) is 3.91. The second-order valence-electron chi connectivity index (χ2n) is 7.28. The molecule has 148 valence electrons. The van der Waals surface area contributed by atoms with Crippen molar-refractivity contribution in [3.63, 3.8) is 0 Å². The number of hydrogen-bond acceptors (Lipinski definition) is 7. The highest BCUT2D eigenvalue weighted by Gasteiger charge is 2.27. The molecule has 0 spiro atoms. The molecule has 9 heteroatoms. The van der Waals surface area contributed by atoms with Gasteiger partial charge in [0.25, 0.3) is 0 Å². The highest BCUT2D eigenvalue weighted by Crippen LogP contribution is 2.27. The van der Waals surface area contributed by atoms with Gasteiger partial charge in [0.2, 0.25) is 5.91 Å². The third-order valence-electron chi connectivity index (χ3n) is 5.19. The van der Waals surface area contributed by atoms with Gasteiger partial charge in [-0.25, -0.2) is 14.6 Å². The van der Waals surface area contributed by atoms with Crippen LogP contribution in [0.1, 0.15) is 26.8 Å². The Morgan fingerprint density at radius 3 is 2.68 bits per heavy atom. The Morgan fingerprint density at radius 2 is 1.93 bits per heavy atom. The van der Waals surface area contributed by atoms with Crippen molar-refractivity contribution in [2.75, 3.05) is 36.4 Å². The minimum Gasteiger partial charge on any atom is -0.353 e. The van der Waals surface area contributed by atoms with Crippen molar-refractivity contribution in [3.05, 3.63) is 30.0 Å². The first-order chi connectivity index (χ1) is 13.5. The van der Waals surface area contributed by atoms with Crippen molar-refractivity contribution in [2.24, 2.45) is 0 Å². The fourth-order valence-electron chi connectivity index (χ4n) is 3.57. The maximum absolute atomic E-state index is 12.7. The van der Waals surface area contributed by atoms with E-state index in [2.05, 4.69) is 36.2 Å². The van der Waals surface area contributed by atoms with Crippen molar-refractivity contribution in [1.29, 1.82) is 0 Å². The van der Waals surface area contributed by atoms with Crippen molar-refractivity contribution in [2.45, 2.75) is 32.9 Å². The summed E-state index contributed by atoms with van der Waals surface area (Å²) in [5.74, 6) is 1.73. The van der Waals surface area contributed by atoms with Crippen LogP contribution in [0.3, 0.4) is 0 Å². The molecule has 3 aromatic rings. The second-order valence-corrected chi connectivity index (χ2v) is 8.17. The number of nitrogens with zero attached hydrogens (tertiary/aromatic N) is 6. The van der Waals surface area contributed by atoms with E-state index in [4.69, 9.17) is 0 Å². The summed E-state index contributed by atoms with van der Waals surface area (Å²) in [5.41, 5.74) is 0. The highest BCUT2D eigenvalue weighted by molar-refractivity contribution is 7.16. The molecule has 0 bridgehead atoms. The molecule has 1 atom stereocenters. The minimum absolute atomic E-state index is 0.00175. The lowest BCUT2D eigenvalue weighted by Gasteiger charge is -2.38. The first-order valence-electron chi connectivity index (χ1n) is 9.56. The summed E-state index contributed by atoms with van der Waals surface area (Å²) < 4.78 is 1.82. The van der Waals surface area contributed by atoms with Crippen LogP contribution in [0.5, 0.6) is 0 Å². The van der Waals surface area contributed by atoms with E-state index in [9.17, 15) is 4.79 Å². The Labute approximate surface area is 168 Å². The largest absolute Gasteiger partial charge is 0.353 e. The van der Waals surface area contributed by atoms with Crippen LogP contribution in [-0.2, 0) is 4.79 Å². The molecule has 1 N–H and O–H groups in total. The number of hydrogen-bond donors (Lipinski definition) is 1. The quantitative estimate of drug-likeness (QED) is 0.711. The van der Waals surface area contributed by atoms with Crippen LogP contribution in [-0.4, -0.2) is 62.8 Å². The van der Waals surface area contributed by atoms with Gasteiger partial charge in [0.1, 0.15) is 22.8 Å². The second kappa shape index (κ2) is 7.84. The van der Waals surface area contributed by atoms with E-state index in [-0.39, 0.29) is 18.0 Å². The Hall–Kier alpha value is -2.52. The third kappa shape index (κ3) is 3.59. The summed E-state index contributed by atoms with van der Waals surface area (Å²) in [6.07, 6.45) is 3.35. The average molecular weight is 400 g/mol. The van der Waals surface area contributed by atoms with E-state index >= 15 is 0 Å². The maximum Gasteiger partial charge on any atom is 0.242 e. The molecule has 1 fully saturated rings. The van der Waals surface area contributed by atoms with Crippen LogP contribution in [0.25, 0.3) is 10.2 Å². The molecule has 3 aromatic heterocycles. The molecular formula is C19H25N7OS. The van der Waals surface area contributed by atoms with E-state index < -0.39 is 0 Å². The molecule has 1 aliphatic heterocycles. The molecule has 0 aliphatic carbocycles. The van der Waals surface area contributed by atoms with Gasteiger partial charge in [-0.05, 0) is 32.2 Å². The van der Waals surface area contributed by atoms with Gasteiger partial charge in [0.05, 0.1) is 17.6 Å². The van der Waals surface area contributed by atoms with Crippen LogP contribution in [0.4, 0.5) is 11.6 Å². The predicted molar refractivity (Wildman–Crippen MR) is 112 cm³/mol. The number of carbonyl (C=O) groups is 1. The summed E-state index contributed by atoms with van der Waals surface area (Å²) in [5, 5.41) is 10.4. The van der Waals surface area contributed by atoms with E-state index in [1.807, 2.05) is 36.9 Å². The van der Waals surface area contributed by atoms with E-state index in [0.717, 1.165) is 48.0 Å². The fourth-order valence-corrected chi connectivity index (χ4v) is 4.30. The van der Waals surface area contributed by atoms with Crippen LogP contribution in [0.2, 0.25) is 0 Å². The summed E-state index contributed by atoms with van der Waals surface area (Å²) in [6.45, 7) is 9.35. The van der Waals surface area contributed by atoms with E-state index in [1.54, 1.807) is 23.9 Å². The molecule has 28 heavy (non-hydrogen) atoms. The molecule has 0 saturated carbocycles. The van der Waals surface area contributed by atoms with Gasteiger partial charge in [-0.1, -0.05) is 0 Å². The highest BCUT2D eigenvalue weighted by atomic mass is 32.1. The van der Waals surface area contributed by atoms with Gasteiger partial charge < -0.3 is 10.2 Å². The lowest BCUT2D eigenvalue weighted by atomic mass is 10.2. The number of thiophene rings is 1. The van der Waals surface area contributed by atoms with Gasteiger partial charge >= 0.3 is 0 Å². The molecule has 1 saturated heterocycles. The first kappa shape index (κ1) is 18.8. The van der Waals surface area contributed by atoms with Crippen LogP contribution >= 0.6 is 11.3 Å².